The maximum Gasteiger partial charge on any atom is 0.409 e. The lowest BCUT2D eigenvalue weighted by atomic mass is 9.94. The summed E-state index contributed by atoms with van der Waals surface area (Å²) >= 11 is 0. The molecule has 5 rings (SSSR count). The molecule has 0 N–H and O–H groups in total. The van der Waals surface area contributed by atoms with Gasteiger partial charge in [0.1, 0.15) is 5.52 Å². The zero-order chi connectivity index (χ0) is 23.8. The molecule has 2 fully saturated rings. The van der Waals surface area contributed by atoms with E-state index in [2.05, 4.69) is 0 Å². The van der Waals surface area contributed by atoms with E-state index in [0.29, 0.717) is 43.9 Å². The van der Waals surface area contributed by atoms with Gasteiger partial charge in [0.25, 0.3) is 11.5 Å². The molecule has 2 amide bonds. The van der Waals surface area contributed by atoms with Crippen molar-refractivity contribution in [2.45, 2.75) is 45.1 Å². The van der Waals surface area contributed by atoms with Gasteiger partial charge in [-0.2, -0.15) is 0 Å². The van der Waals surface area contributed by atoms with E-state index >= 15 is 0 Å². The summed E-state index contributed by atoms with van der Waals surface area (Å²) in [5.74, 6) is -0.0885. The first-order valence-electron chi connectivity index (χ1n) is 12.3. The average molecular weight is 465 g/mol. The number of rotatable bonds is 3. The lowest BCUT2D eigenvalue weighted by molar-refractivity contribution is 0.0571. The summed E-state index contributed by atoms with van der Waals surface area (Å²) in [6, 6.07) is 8.00. The van der Waals surface area contributed by atoms with Crippen LogP contribution in [0.15, 0.2) is 35.3 Å². The number of fused-ring (bicyclic) bond motifs is 3. The number of para-hydroxylation sites is 1. The first-order valence-corrected chi connectivity index (χ1v) is 12.3. The molecule has 0 radical (unpaired) electrons. The number of carbonyl (C=O) groups excluding carboxylic acids is 2. The number of aryl methyl sites for hydroxylation is 1. The third kappa shape index (κ3) is 3.75. The van der Waals surface area contributed by atoms with Gasteiger partial charge in [-0.3, -0.25) is 9.59 Å². The van der Waals surface area contributed by atoms with Crippen LogP contribution in [0.5, 0.6) is 0 Å². The van der Waals surface area contributed by atoms with Gasteiger partial charge in [0.15, 0.2) is 0 Å². The molecule has 2 aromatic heterocycles. The number of amides is 2. The van der Waals surface area contributed by atoms with Gasteiger partial charge in [-0.25, -0.2) is 4.79 Å². The van der Waals surface area contributed by atoms with Crippen molar-refractivity contribution in [1.82, 2.24) is 18.9 Å². The molecule has 0 bridgehead atoms. The first-order chi connectivity index (χ1) is 16.5. The zero-order valence-electron chi connectivity index (χ0n) is 20.0. The van der Waals surface area contributed by atoms with Crippen molar-refractivity contribution in [2.24, 2.45) is 7.05 Å². The molecule has 1 aromatic carbocycles. The van der Waals surface area contributed by atoms with Crippen LogP contribution in [0.1, 0.15) is 55.4 Å². The number of benzene rings is 1. The minimum Gasteiger partial charge on any atom is -0.450 e. The van der Waals surface area contributed by atoms with Crippen molar-refractivity contribution in [2.75, 3.05) is 32.8 Å². The molecule has 1 aliphatic heterocycles. The number of hydrogen-bond donors (Lipinski definition) is 0. The van der Waals surface area contributed by atoms with E-state index in [1.54, 1.807) is 16.7 Å². The lowest BCUT2D eigenvalue weighted by Gasteiger charge is -2.34. The number of ether oxygens (including phenoxy) is 1. The van der Waals surface area contributed by atoms with Crippen LogP contribution in [0.4, 0.5) is 4.79 Å². The number of carbonyl (C=O) groups is 2. The third-order valence-electron chi connectivity index (χ3n) is 7.37. The second-order valence-corrected chi connectivity index (χ2v) is 9.32. The molecule has 2 aliphatic rings. The Morgan fingerprint density at radius 2 is 1.68 bits per heavy atom. The Balaban J connectivity index is 1.59. The monoisotopic (exact) mass is 464 g/mol. The molecule has 180 valence electrons. The second-order valence-electron chi connectivity index (χ2n) is 9.32. The largest absolute Gasteiger partial charge is 0.450 e. The molecule has 8 heteroatoms. The summed E-state index contributed by atoms with van der Waals surface area (Å²) < 4.78 is 8.86. The lowest BCUT2D eigenvalue weighted by Crippen LogP contribution is -2.50. The van der Waals surface area contributed by atoms with Crippen LogP contribution in [0.3, 0.4) is 0 Å². The van der Waals surface area contributed by atoms with Gasteiger partial charge in [0, 0.05) is 61.8 Å². The highest BCUT2D eigenvalue weighted by molar-refractivity contribution is 6.17. The summed E-state index contributed by atoms with van der Waals surface area (Å²) in [6.45, 7) is 3.87. The highest BCUT2D eigenvalue weighted by Gasteiger charge is 2.30. The highest BCUT2D eigenvalue weighted by atomic mass is 16.6. The molecular weight excluding hydrogens is 432 g/mol. The van der Waals surface area contributed by atoms with Crippen LogP contribution in [0.2, 0.25) is 0 Å². The van der Waals surface area contributed by atoms with E-state index in [1.165, 1.54) is 6.42 Å². The topological polar surface area (TPSA) is 76.8 Å². The Morgan fingerprint density at radius 3 is 2.38 bits per heavy atom. The summed E-state index contributed by atoms with van der Waals surface area (Å²) in [4.78, 5) is 43.1. The summed E-state index contributed by atoms with van der Waals surface area (Å²) in [7, 11) is 1.91. The Kier molecular flexibility index (Phi) is 6.06. The summed E-state index contributed by atoms with van der Waals surface area (Å²) in [5, 5.41) is 1.65. The van der Waals surface area contributed by atoms with Crippen molar-refractivity contribution < 1.29 is 14.3 Å². The van der Waals surface area contributed by atoms with E-state index in [-0.39, 0.29) is 23.6 Å². The number of nitrogens with zero attached hydrogens (tertiary/aromatic N) is 4. The number of aromatic nitrogens is 2. The van der Waals surface area contributed by atoms with Crippen LogP contribution in [0.25, 0.3) is 21.8 Å². The van der Waals surface area contributed by atoms with E-state index in [9.17, 15) is 14.4 Å². The molecule has 34 heavy (non-hydrogen) atoms. The van der Waals surface area contributed by atoms with Gasteiger partial charge in [-0.15, -0.1) is 0 Å². The van der Waals surface area contributed by atoms with E-state index in [1.807, 2.05) is 46.6 Å². The van der Waals surface area contributed by atoms with Gasteiger partial charge >= 0.3 is 6.09 Å². The minimum atomic E-state index is -0.336. The molecule has 3 heterocycles. The fourth-order valence-corrected chi connectivity index (χ4v) is 5.57. The molecular formula is C26H32N4O4. The predicted octanol–water partition coefficient (Wildman–Crippen LogP) is 3.91. The highest BCUT2D eigenvalue weighted by Crippen LogP contribution is 2.33. The average Bonchev–Trinajstić information content (AvgIpc) is 3.18. The number of pyridine rings is 1. The molecule has 1 aliphatic carbocycles. The van der Waals surface area contributed by atoms with Gasteiger partial charge in [-0.1, -0.05) is 37.5 Å². The van der Waals surface area contributed by atoms with Crippen molar-refractivity contribution in [1.29, 1.82) is 0 Å². The summed E-state index contributed by atoms with van der Waals surface area (Å²) in [6.07, 6.45) is 6.79. The van der Waals surface area contributed by atoms with Gasteiger partial charge < -0.3 is 23.7 Å². The molecule has 3 aromatic rings. The van der Waals surface area contributed by atoms with Gasteiger partial charge in [-0.05, 0) is 25.8 Å². The number of hydrogen-bond acceptors (Lipinski definition) is 4. The van der Waals surface area contributed by atoms with Crippen LogP contribution in [-0.4, -0.2) is 63.7 Å². The smallest absolute Gasteiger partial charge is 0.409 e. The Labute approximate surface area is 198 Å². The molecule has 8 nitrogen and oxygen atoms in total. The van der Waals surface area contributed by atoms with Crippen molar-refractivity contribution >= 4 is 33.8 Å². The van der Waals surface area contributed by atoms with Crippen LogP contribution in [0, 0.1) is 0 Å². The Hall–Kier alpha value is -3.29. The van der Waals surface area contributed by atoms with Crippen molar-refractivity contribution in [3.63, 3.8) is 0 Å². The van der Waals surface area contributed by atoms with Crippen molar-refractivity contribution in [3.05, 3.63) is 46.4 Å². The molecule has 0 spiro atoms. The SMILES string of the molecule is CCOC(=O)N1CCN(C(=O)c2cn(C3CCCCC3)c(=O)c3c2c2ccccc2n3C)CC1. The van der Waals surface area contributed by atoms with E-state index in [0.717, 1.165) is 42.0 Å². The molecule has 0 unspecified atom stereocenters. The fraction of sp³-hybridized carbons (Fsp3) is 0.500. The second kappa shape index (κ2) is 9.16. The first kappa shape index (κ1) is 22.5. The third-order valence-corrected chi connectivity index (χ3v) is 7.37. The van der Waals surface area contributed by atoms with Crippen molar-refractivity contribution in [3.8, 4) is 0 Å². The summed E-state index contributed by atoms with van der Waals surface area (Å²) in [5.41, 5.74) is 2.07. The Morgan fingerprint density at radius 1 is 1.00 bits per heavy atom. The normalized spacial score (nSPS) is 17.5. The maximum atomic E-state index is 13.9. The minimum absolute atomic E-state index is 0.0238. The number of piperazine rings is 1. The fourth-order valence-electron chi connectivity index (χ4n) is 5.57. The van der Waals surface area contributed by atoms with Crippen LogP contribution < -0.4 is 5.56 Å². The predicted molar refractivity (Wildman–Crippen MR) is 131 cm³/mol. The van der Waals surface area contributed by atoms with E-state index < -0.39 is 0 Å². The van der Waals surface area contributed by atoms with Gasteiger partial charge in [0.2, 0.25) is 0 Å². The standard InChI is InChI=1S/C26H32N4O4/c1-3-34-26(33)29-15-13-28(14-16-29)24(31)20-17-30(18-9-5-4-6-10-18)25(32)23-22(20)19-11-7-8-12-21(19)27(23)2/h7-8,11-12,17-18H,3-6,9-10,13-16H2,1-2H3. The van der Waals surface area contributed by atoms with Crippen LogP contribution in [-0.2, 0) is 11.8 Å². The maximum absolute atomic E-state index is 13.9. The molecule has 1 saturated carbocycles. The molecule has 0 atom stereocenters. The van der Waals surface area contributed by atoms with Crippen LogP contribution >= 0.6 is 0 Å². The zero-order valence-corrected chi connectivity index (χ0v) is 20.0. The quantitative estimate of drug-likeness (QED) is 0.589. The Bertz CT molecular complexity index is 1290. The van der Waals surface area contributed by atoms with E-state index in [4.69, 9.17) is 4.74 Å². The molecule has 1 saturated heterocycles. The van der Waals surface area contributed by atoms with Gasteiger partial charge in [0.05, 0.1) is 12.2 Å².